The van der Waals surface area contributed by atoms with Gasteiger partial charge in [-0.05, 0) is 31.4 Å². The number of amides is 1. The lowest BCUT2D eigenvalue weighted by Crippen LogP contribution is -2.26. The van der Waals surface area contributed by atoms with Gasteiger partial charge >= 0.3 is 5.97 Å². The van der Waals surface area contributed by atoms with Crippen molar-refractivity contribution in [1.82, 2.24) is 0 Å². The van der Waals surface area contributed by atoms with E-state index in [-0.39, 0.29) is 18.5 Å². The quantitative estimate of drug-likeness (QED) is 0.826. The molecular formula is C16H19Cl2NO3. The molecule has 0 spiro atoms. The van der Waals surface area contributed by atoms with Crippen LogP contribution in [0.5, 0.6) is 0 Å². The minimum atomic E-state index is -0.446. The number of ether oxygens (including phenoxy) is 1. The van der Waals surface area contributed by atoms with E-state index in [9.17, 15) is 9.59 Å². The molecule has 22 heavy (non-hydrogen) atoms. The fourth-order valence-corrected chi connectivity index (χ4v) is 3.00. The zero-order valence-electron chi connectivity index (χ0n) is 12.5. The van der Waals surface area contributed by atoms with E-state index in [1.54, 1.807) is 12.1 Å². The smallest absolute Gasteiger partial charge is 0.309 e. The number of esters is 1. The van der Waals surface area contributed by atoms with Crippen molar-refractivity contribution in [3.8, 4) is 0 Å². The first kappa shape index (κ1) is 17.1. The summed E-state index contributed by atoms with van der Waals surface area (Å²) < 4.78 is 5.09. The van der Waals surface area contributed by atoms with Crippen LogP contribution in [-0.2, 0) is 14.3 Å². The molecule has 0 atom stereocenters. The standard InChI is InChI=1S/C16H19Cl2NO3/c1-10-7-8-12(17)15(14(10)18)19-13(20)9-22-16(21)11-5-3-2-4-6-11/h7-8,11H,2-6,9H2,1H3,(H,19,20). The summed E-state index contributed by atoms with van der Waals surface area (Å²) in [7, 11) is 0. The topological polar surface area (TPSA) is 55.4 Å². The predicted molar refractivity (Wildman–Crippen MR) is 87.4 cm³/mol. The van der Waals surface area contributed by atoms with Gasteiger partial charge in [0.25, 0.3) is 5.91 Å². The van der Waals surface area contributed by atoms with E-state index < -0.39 is 5.91 Å². The van der Waals surface area contributed by atoms with Crippen LogP contribution in [-0.4, -0.2) is 18.5 Å². The number of hydrogen-bond donors (Lipinski definition) is 1. The molecule has 6 heteroatoms. The number of aryl methyl sites for hydroxylation is 1. The van der Waals surface area contributed by atoms with E-state index in [1.165, 1.54) is 0 Å². The van der Waals surface area contributed by atoms with Crippen molar-refractivity contribution < 1.29 is 14.3 Å². The lowest BCUT2D eigenvalue weighted by molar-refractivity contribution is -0.152. The zero-order chi connectivity index (χ0) is 16.1. The van der Waals surface area contributed by atoms with Gasteiger partial charge in [0.1, 0.15) is 0 Å². The molecule has 4 nitrogen and oxygen atoms in total. The molecule has 0 aliphatic heterocycles. The number of rotatable bonds is 4. The summed E-state index contributed by atoms with van der Waals surface area (Å²) in [5.41, 5.74) is 1.16. The fourth-order valence-electron chi connectivity index (χ4n) is 2.54. The van der Waals surface area contributed by atoms with Crippen molar-refractivity contribution >= 4 is 40.8 Å². The van der Waals surface area contributed by atoms with Crippen LogP contribution in [0.2, 0.25) is 10.0 Å². The lowest BCUT2D eigenvalue weighted by Gasteiger charge is -2.19. The second kappa shape index (κ2) is 7.84. The molecule has 1 amide bonds. The molecule has 1 fully saturated rings. The number of anilines is 1. The molecule has 1 saturated carbocycles. The van der Waals surface area contributed by atoms with Gasteiger partial charge in [0.05, 0.1) is 21.7 Å². The number of carbonyl (C=O) groups excluding carboxylic acids is 2. The number of benzene rings is 1. The number of halogens is 2. The van der Waals surface area contributed by atoms with Crippen LogP contribution in [0.4, 0.5) is 5.69 Å². The average molecular weight is 344 g/mol. The van der Waals surface area contributed by atoms with Gasteiger partial charge in [-0.15, -0.1) is 0 Å². The van der Waals surface area contributed by atoms with Crippen LogP contribution < -0.4 is 5.32 Å². The molecule has 0 aromatic heterocycles. The van der Waals surface area contributed by atoms with E-state index in [2.05, 4.69) is 5.32 Å². The molecule has 0 heterocycles. The Balaban J connectivity index is 1.88. The van der Waals surface area contributed by atoms with Gasteiger partial charge in [0, 0.05) is 0 Å². The third-order valence-electron chi connectivity index (χ3n) is 3.83. The van der Waals surface area contributed by atoms with Crippen LogP contribution in [0.25, 0.3) is 0 Å². The Morgan fingerprint density at radius 1 is 1.23 bits per heavy atom. The molecule has 2 rings (SSSR count). The van der Waals surface area contributed by atoms with Gasteiger partial charge in [-0.3, -0.25) is 9.59 Å². The third-order valence-corrected chi connectivity index (χ3v) is 4.63. The lowest BCUT2D eigenvalue weighted by atomic mass is 9.89. The van der Waals surface area contributed by atoms with Crippen molar-refractivity contribution in [3.63, 3.8) is 0 Å². The van der Waals surface area contributed by atoms with Gasteiger partial charge in [0.15, 0.2) is 6.61 Å². The van der Waals surface area contributed by atoms with Crippen molar-refractivity contribution in [3.05, 3.63) is 27.7 Å². The molecule has 1 N–H and O–H groups in total. The number of nitrogens with one attached hydrogen (secondary N) is 1. The van der Waals surface area contributed by atoms with Gasteiger partial charge < -0.3 is 10.1 Å². The maximum Gasteiger partial charge on any atom is 0.309 e. The zero-order valence-corrected chi connectivity index (χ0v) is 14.0. The molecule has 1 aromatic rings. The van der Waals surface area contributed by atoms with E-state index in [0.29, 0.717) is 15.7 Å². The maximum absolute atomic E-state index is 11.9. The van der Waals surface area contributed by atoms with E-state index >= 15 is 0 Å². The molecule has 0 bridgehead atoms. The number of carbonyl (C=O) groups is 2. The second-order valence-electron chi connectivity index (χ2n) is 5.54. The molecule has 0 unspecified atom stereocenters. The highest BCUT2D eigenvalue weighted by atomic mass is 35.5. The molecule has 0 saturated heterocycles. The summed E-state index contributed by atoms with van der Waals surface area (Å²) in [6.45, 7) is 1.49. The number of hydrogen-bond acceptors (Lipinski definition) is 3. The Labute approximate surface area is 140 Å². The average Bonchev–Trinajstić information content (AvgIpc) is 2.53. The van der Waals surface area contributed by atoms with Gasteiger partial charge in [-0.25, -0.2) is 0 Å². The van der Waals surface area contributed by atoms with Crippen molar-refractivity contribution in [2.24, 2.45) is 5.92 Å². The highest BCUT2D eigenvalue weighted by Crippen LogP contribution is 2.32. The molecule has 1 aromatic carbocycles. The molecule has 120 valence electrons. The van der Waals surface area contributed by atoms with Crippen LogP contribution in [0.3, 0.4) is 0 Å². The second-order valence-corrected chi connectivity index (χ2v) is 6.33. The monoisotopic (exact) mass is 343 g/mol. The first-order valence-corrected chi connectivity index (χ1v) is 8.15. The Bertz CT molecular complexity index is 569. The van der Waals surface area contributed by atoms with Crippen molar-refractivity contribution in [2.75, 3.05) is 11.9 Å². The first-order valence-electron chi connectivity index (χ1n) is 7.40. The predicted octanol–water partition coefficient (Wildman–Crippen LogP) is 4.36. The summed E-state index contributed by atoms with van der Waals surface area (Å²) in [6.07, 6.45) is 4.93. The third kappa shape index (κ3) is 4.37. The Hall–Kier alpha value is -1.26. The summed E-state index contributed by atoms with van der Waals surface area (Å²) in [4.78, 5) is 23.8. The SMILES string of the molecule is Cc1ccc(Cl)c(NC(=O)COC(=O)C2CCCCC2)c1Cl. The highest BCUT2D eigenvalue weighted by molar-refractivity contribution is 6.40. The van der Waals surface area contributed by atoms with Crippen molar-refractivity contribution in [1.29, 1.82) is 0 Å². The summed E-state index contributed by atoms with van der Waals surface area (Å²) in [5.74, 6) is -0.817. The maximum atomic E-state index is 11.9. The minimum Gasteiger partial charge on any atom is -0.455 e. The minimum absolute atomic E-state index is 0.0762. The largest absolute Gasteiger partial charge is 0.455 e. The van der Waals surface area contributed by atoms with Gasteiger partial charge in [-0.2, -0.15) is 0 Å². The van der Waals surface area contributed by atoms with Crippen molar-refractivity contribution in [2.45, 2.75) is 39.0 Å². The summed E-state index contributed by atoms with van der Waals surface area (Å²) in [5, 5.41) is 3.34. The Morgan fingerprint density at radius 2 is 1.91 bits per heavy atom. The van der Waals surface area contributed by atoms with E-state index in [4.69, 9.17) is 27.9 Å². The van der Waals surface area contributed by atoms with Gasteiger partial charge in [-0.1, -0.05) is 48.5 Å². The van der Waals surface area contributed by atoms with Crippen LogP contribution >= 0.6 is 23.2 Å². The Morgan fingerprint density at radius 3 is 2.59 bits per heavy atom. The molecule has 1 aliphatic carbocycles. The van der Waals surface area contributed by atoms with E-state index in [0.717, 1.165) is 37.7 Å². The van der Waals surface area contributed by atoms with Crippen LogP contribution in [0, 0.1) is 12.8 Å². The summed E-state index contributed by atoms with van der Waals surface area (Å²) in [6, 6.07) is 3.43. The molecular weight excluding hydrogens is 325 g/mol. The van der Waals surface area contributed by atoms with Gasteiger partial charge in [0.2, 0.25) is 0 Å². The highest BCUT2D eigenvalue weighted by Gasteiger charge is 2.23. The molecule has 0 radical (unpaired) electrons. The first-order chi connectivity index (χ1) is 10.5. The van der Waals surface area contributed by atoms with Crippen LogP contribution in [0.1, 0.15) is 37.7 Å². The Kier molecular flexibility index (Phi) is 6.09. The van der Waals surface area contributed by atoms with E-state index in [1.807, 2.05) is 6.92 Å². The summed E-state index contributed by atoms with van der Waals surface area (Å²) >= 11 is 12.1. The fraction of sp³-hybridized carbons (Fsp3) is 0.500. The van der Waals surface area contributed by atoms with Crippen LogP contribution in [0.15, 0.2) is 12.1 Å². The normalized spacial score (nSPS) is 15.4. The molecule has 1 aliphatic rings.